The lowest BCUT2D eigenvalue weighted by Crippen LogP contribution is -2.53. The third-order valence-corrected chi connectivity index (χ3v) is 2.86. The van der Waals surface area contributed by atoms with E-state index in [4.69, 9.17) is 23.7 Å². The van der Waals surface area contributed by atoms with Crippen LogP contribution in [-0.4, -0.2) is 55.1 Å². The van der Waals surface area contributed by atoms with Crippen molar-refractivity contribution in [3.05, 3.63) is 0 Å². The van der Waals surface area contributed by atoms with Crippen molar-refractivity contribution in [2.45, 2.75) is 58.7 Å². The molecular weight excluding hydrogens is 312 g/mol. The van der Waals surface area contributed by atoms with Gasteiger partial charge >= 0.3 is 23.9 Å². The summed E-state index contributed by atoms with van der Waals surface area (Å²) in [4.78, 5) is 44.5. The van der Waals surface area contributed by atoms with Crippen molar-refractivity contribution in [2.75, 3.05) is 6.61 Å². The highest BCUT2D eigenvalue weighted by Gasteiger charge is 2.43. The van der Waals surface area contributed by atoms with E-state index in [-0.39, 0.29) is 13.0 Å². The van der Waals surface area contributed by atoms with Crippen LogP contribution in [0.5, 0.6) is 0 Å². The van der Waals surface area contributed by atoms with E-state index in [1.54, 1.807) is 0 Å². The zero-order chi connectivity index (χ0) is 17.6. The molecule has 4 atom stereocenters. The van der Waals surface area contributed by atoms with Crippen LogP contribution in [0.15, 0.2) is 0 Å². The minimum Gasteiger partial charge on any atom is -0.463 e. The summed E-state index contributed by atoms with van der Waals surface area (Å²) in [6.07, 6.45) is -3.73. The van der Waals surface area contributed by atoms with E-state index >= 15 is 0 Å². The first-order valence-corrected chi connectivity index (χ1v) is 6.99. The molecule has 1 aliphatic rings. The van der Waals surface area contributed by atoms with Crippen LogP contribution >= 0.6 is 0 Å². The largest absolute Gasteiger partial charge is 0.463 e. The third kappa shape index (κ3) is 6.64. The van der Waals surface area contributed by atoms with Gasteiger partial charge in [0, 0.05) is 34.1 Å². The summed E-state index contributed by atoms with van der Waals surface area (Å²) >= 11 is 0. The average molecular weight is 332 g/mol. The van der Waals surface area contributed by atoms with Gasteiger partial charge in [0.1, 0.15) is 18.8 Å². The lowest BCUT2D eigenvalue weighted by Gasteiger charge is -2.39. The van der Waals surface area contributed by atoms with Crippen molar-refractivity contribution < 1.29 is 42.9 Å². The SMILES string of the molecule is CC(=O)OC[C@H]1O[C@H](OC(C)=O)[C@@H](OC(C)=O)C[C@@H]1OC(C)=O. The monoisotopic (exact) mass is 332 g/mol. The molecule has 1 rings (SSSR count). The van der Waals surface area contributed by atoms with Crippen LogP contribution in [-0.2, 0) is 42.9 Å². The molecule has 9 nitrogen and oxygen atoms in total. The van der Waals surface area contributed by atoms with Crippen LogP contribution in [0.1, 0.15) is 34.1 Å². The van der Waals surface area contributed by atoms with Gasteiger partial charge < -0.3 is 23.7 Å². The Labute approximate surface area is 133 Å². The number of esters is 4. The van der Waals surface area contributed by atoms with E-state index in [2.05, 4.69) is 0 Å². The Bertz CT molecular complexity index is 473. The molecule has 9 heteroatoms. The maximum Gasteiger partial charge on any atom is 0.305 e. The van der Waals surface area contributed by atoms with Gasteiger partial charge in [-0.15, -0.1) is 0 Å². The van der Waals surface area contributed by atoms with Gasteiger partial charge in [0.05, 0.1) is 0 Å². The normalized spacial score (nSPS) is 26.8. The van der Waals surface area contributed by atoms with Crippen LogP contribution in [0, 0.1) is 0 Å². The van der Waals surface area contributed by atoms with Gasteiger partial charge in [0.15, 0.2) is 6.10 Å². The molecule has 0 aromatic carbocycles. The summed E-state index contributed by atoms with van der Waals surface area (Å²) in [7, 11) is 0. The second kappa shape index (κ2) is 8.47. The summed E-state index contributed by atoms with van der Waals surface area (Å²) in [5, 5.41) is 0. The van der Waals surface area contributed by atoms with Gasteiger partial charge in [-0.3, -0.25) is 19.2 Å². The van der Waals surface area contributed by atoms with Crippen molar-refractivity contribution in [3.63, 3.8) is 0 Å². The van der Waals surface area contributed by atoms with Crippen LogP contribution in [0.4, 0.5) is 0 Å². The van der Waals surface area contributed by atoms with Gasteiger partial charge in [-0.2, -0.15) is 0 Å². The summed E-state index contributed by atoms with van der Waals surface area (Å²) in [5.41, 5.74) is 0. The predicted molar refractivity (Wildman–Crippen MR) is 72.8 cm³/mol. The number of carbonyl (C=O) groups is 4. The van der Waals surface area contributed by atoms with Gasteiger partial charge in [-0.25, -0.2) is 0 Å². The van der Waals surface area contributed by atoms with Crippen molar-refractivity contribution in [2.24, 2.45) is 0 Å². The van der Waals surface area contributed by atoms with E-state index in [0.717, 1.165) is 0 Å². The number of rotatable bonds is 5. The third-order valence-electron chi connectivity index (χ3n) is 2.86. The molecule has 0 saturated carbocycles. The van der Waals surface area contributed by atoms with Crippen molar-refractivity contribution in [1.82, 2.24) is 0 Å². The molecule has 23 heavy (non-hydrogen) atoms. The molecule has 1 saturated heterocycles. The van der Waals surface area contributed by atoms with Crippen molar-refractivity contribution in [1.29, 1.82) is 0 Å². The molecule has 0 unspecified atom stereocenters. The Hall–Kier alpha value is -2.16. The number of hydrogen-bond acceptors (Lipinski definition) is 9. The van der Waals surface area contributed by atoms with Gasteiger partial charge in [-0.1, -0.05) is 0 Å². The maximum atomic E-state index is 11.2. The molecule has 0 aromatic rings. The molecule has 0 amide bonds. The summed E-state index contributed by atoms with van der Waals surface area (Å²) in [6, 6.07) is 0. The standard InChI is InChI=1S/C14H20O9/c1-7(15)19-6-13-11(20-8(2)16)5-12(21-9(3)17)14(23-13)22-10(4)18/h11-14H,5-6H2,1-4H3/t11-,12-,13+,14-/m0/s1. The first-order chi connectivity index (χ1) is 10.7. The van der Waals surface area contributed by atoms with Crippen LogP contribution in [0.2, 0.25) is 0 Å². The van der Waals surface area contributed by atoms with Gasteiger partial charge in [0.2, 0.25) is 6.29 Å². The molecular formula is C14H20O9. The second-order valence-corrected chi connectivity index (χ2v) is 4.99. The van der Waals surface area contributed by atoms with Crippen LogP contribution in [0.3, 0.4) is 0 Å². The van der Waals surface area contributed by atoms with Crippen molar-refractivity contribution >= 4 is 23.9 Å². The highest BCUT2D eigenvalue weighted by molar-refractivity contribution is 5.68. The van der Waals surface area contributed by atoms with Gasteiger partial charge in [0.25, 0.3) is 0 Å². The zero-order valence-corrected chi connectivity index (χ0v) is 13.4. The van der Waals surface area contributed by atoms with E-state index in [1.807, 2.05) is 0 Å². The summed E-state index contributed by atoms with van der Waals surface area (Å²) < 4.78 is 25.5. The molecule has 1 heterocycles. The van der Waals surface area contributed by atoms with E-state index in [9.17, 15) is 19.2 Å². The number of hydrogen-bond donors (Lipinski definition) is 0. The summed E-state index contributed by atoms with van der Waals surface area (Å²) in [6.45, 7) is 4.60. The lowest BCUT2D eigenvalue weighted by atomic mass is 10.0. The van der Waals surface area contributed by atoms with E-state index in [0.29, 0.717) is 0 Å². The maximum absolute atomic E-state index is 11.2. The molecule has 0 bridgehead atoms. The van der Waals surface area contributed by atoms with Crippen molar-refractivity contribution in [3.8, 4) is 0 Å². The molecule has 1 aliphatic heterocycles. The molecule has 130 valence electrons. The second-order valence-electron chi connectivity index (χ2n) is 4.99. The Kier molecular flexibility index (Phi) is 6.95. The molecule has 0 radical (unpaired) electrons. The Morgan fingerprint density at radius 1 is 0.826 bits per heavy atom. The zero-order valence-electron chi connectivity index (χ0n) is 13.4. The van der Waals surface area contributed by atoms with Crippen LogP contribution in [0.25, 0.3) is 0 Å². The van der Waals surface area contributed by atoms with E-state index in [1.165, 1.54) is 27.7 Å². The first-order valence-electron chi connectivity index (χ1n) is 6.99. The lowest BCUT2D eigenvalue weighted by molar-refractivity contribution is -0.270. The van der Waals surface area contributed by atoms with Gasteiger partial charge in [-0.05, 0) is 0 Å². The fourth-order valence-electron chi connectivity index (χ4n) is 2.11. The minimum absolute atomic E-state index is 0.0447. The Morgan fingerprint density at radius 3 is 1.83 bits per heavy atom. The van der Waals surface area contributed by atoms with Crippen LogP contribution < -0.4 is 0 Å². The number of carbonyl (C=O) groups excluding carboxylic acids is 4. The first kappa shape index (κ1) is 18.9. The Morgan fingerprint density at radius 2 is 1.35 bits per heavy atom. The smallest absolute Gasteiger partial charge is 0.305 e. The minimum atomic E-state index is -1.18. The highest BCUT2D eigenvalue weighted by Crippen LogP contribution is 2.26. The fraction of sp³-hybridized carbons (Fsp3) is 0.714. The molecule has 0 spiro atoms. The highest BCUT2D eigenvalue weighted by atomic mass is 16.7. The molecule has 0 N–H and O–H groups in total. The average Bonchev–Trinajstić information content (AvgIpc) is 2.38. The molecule has 1 fully saturated rings. The van der Waals surface area contributed by atoms with E-state index < -0.39 is 48.5 Å². The quantitative estimate of drug-likeness (QED) is 0.510. The molecule has 0 aliphatic carbocycles. The fourth-order valence-corrected chi connectivity index (χ4v) is 2.11. The topological polar surface area (TPSA) is 114 Å². The molecule has 0 aromatic heterocycles. The number of ether oxygens (including phenoxy) is 5. The predicted octanol–water partition coefficient (Wildman–Crippen LogP) is 0.0910. The Balaban J connectivity index is 2.89. The summed E-state index contributed by atoms with van der Waals surface area (Å²) in [5.74, 6) is -2.35.